The number of fused-ring (bicyclic) bond motifs is 5. The molecule has 0 saturated heterocycles. The van der Waals surface area contributed by atoms with E-state index in [0.717, 1.165) is 33.1 Å². The third-order valence-electron chi connectivity index (χ3n) is 8.75. The molecule has 0 fully saturated rings. The van der Waals surface area contributed by atoms with E-state index >= 15 is 0 Å². The Hall–Kier alpha value is -5.14. The highest BCUT2D eigenvalue weighted by Gasteiger charge is 2.19. The third-order valence-corrected chi connectivity index (χ3v) is 8.75. The van der Waals surface area contributed by atoms with Gasteiger partial charge in [-0.1, -0.05) is 127 Å². The smallest absolute Gasteiger partial charge is 0.143 e. The molecule has 1 heterocycles. The van der Waals surface area contributed by atoms with E-state index in [1.807, 2.05) is 12.1 Å². The van der Waals surface area contributed by atoms with Crippen LogP contribution in [0, 0.1) is 20.8 Å². The molecule has 1 nitrogen and oxygen atoms in total. The Kier molecular flexibility index (Phi) is 5.55. The van der Waals surface area contributed by atoms with Gasteiger partial charge in [-0.3, -0.25) is 0 Å². The molecule has 0 atom stereocenters. The largest absolute Gasteiger partial charge is 0.455 e. The van der Waals surface area contributed by atoms with Gasteiger partial charge in [0.2, 0.25) is 0 Å². The van der Waals surface area contributed by atoms with Crippen LogP contribution in [-0.4, -0.2) is 0 Å². The zero-order chi connectivity index (χ0) is 28.4. The fourth-order valence-electron chi connectivity index (χ4n) is 7.07. The van der Waals surface area contributed by atoms with Crippen LogP contribution < -0.4 is 0 Å². The summed E-state index contributed by atoms with van der Waals surface area (Å²) in [6.07, 6.45) is 0. The van der Waals surface area contributed by atoms with Crippen LogP contribution in [0.2, 0.25) is 0 Å². The molecule has 0 aliphatic heterocycles. The van der Waals surface area contributed by atoms with Crippen molar-refractivity contribution in [2.45, 2.75) is 20.8 Å². The van der Waals surface area contributed by atoms with Crippen molar-refractivity contribution in [3.63, 3.8) is 0 Å². The lowest BCUT2D eigenvalue weighted by Gasteiger charge is -2.20. The maximum Gasteiger partial charge on any atom is 0.143 e. The standard InChI is InChI=1S/C41H30O/c1-25-23-26(2)38(27(3)24-25)40-34-14-6-4-12-32(34)39(33-13-5-7-15-35(33)40)29-21-19-28(20-22-29)30-16-10-17-36-31-11-8-9-18-37(31)42-41(30)36/h4-24H,1-3H3. The van der Waals surface area contributed by atoms with E-state index in [9.17, 15) is 0 Å². The van der Waals surface area contributed by atoms with Crippen LogP contribution in [-0.2, 0) is 0 Å². The molecule has 1 aromatic heterocycles. The Bertz CT molecular complexity index is 2240. The minimum Gasteiger partial charge on any atom is -0.455 e. The van der Waals surface area contributed by atoms with E-state index in [2.05, 4.69) is 136 Å². The molecule has 200 valence electrons. The molecular weight excluding hydrogens is 508 g/mol. The van der Waals surface area contributed by atoms with Gasteiger partial charge in [-0.05, 0) is 87.3 Å². The van der Waals surface area contributed by atoms with Crippen LogP contribution in [0.15, 0.2) is 132 Å². The van der Waals surface area contributed by atoms with Crippen molar-refractivity contribution >= 4 is 43.5 Å². The third kappa shape index (κ3) is 3.71. The van der Waals surface area contributed by atoms with Gasteiger partial charge in [0.05, 0.1) is 0 Å². The minimum absolute atomic E-state index is 0.925. The van der Waals surface area contributed by atoms with E-state index in [0.29, 0.717) is 0 Å². The number of aryl methyl sites for hydroxylation is 3. The normalized spacial score (nSPS) is 11.7. The molecule has 1 heteroatoms. The first kappa shape index (κ1) is 24.6. The quantitative estimate of drug-likeness (QED) is 0.204. The summed E-state index contributed by atoms with van der Waals surface area (Å²) in [7, 11) is 0. The highest BCUT2D eigenvalue weighted by molar-refractivity contribution is 6.22. The lowest BCUT2D eigenvalue weighted by Crippen LogP contribution is -1.95. The molecule has 0 saturated carbocycles. The van der Waals surface area contributed by atoms with Gasteiger partial charge in [0, 0.05) is 16.3 Å². The SMILES string of the molecule is Cc1cc(C)c(-c2c3ccccc3c(-c3ccc(-c4cccc5c4oc4ccccc45)cc3)c3ccccc23)c(C)c1. The van der Waals surface area contributed by atoms with Gasteiger partial charge in [-0.2, -0.15) is 0 Å². The number of furan rings is 1. The van der Waals surface area contributed by atoms with Gasteiger partial charge in [0.25, 0.3) is 0 Å². The van der Waals surface area contributed by atoms with Crippen molar-refractivity contribution < 1.29 is 4.42 Å². The molecule has 0 radical (unpaired) electrons. The molecule has 0 spiro atoms. The van der Waals surface area contributed by atoms with Gasteiger partial charge in [-0.25, -0.2) is 0 Å². The van der Waals surface area contributed by atoms with Gasteiger partial charge in [0.15, 0.2) is 0 Å². The van der Waals surface area contributed by atoms with Crippen molar-refractivity contribution in [3.8, 4) is 33.4 Å². The Morgan fingerprint density at radius 2 is 0.905 bits per heavy atom. The van der Waals surface area contributed by atoms with Crippen molar-refractivity contribution in [3.05, 3.63) is 144 Å². The summed E-state index contributed by atoms with van der Waals surface area (Å²) in [6.45, 7) is 6.67. The van der Waals surface area contributed by atoms with E-state index in [4.69, 9.17) is 4.42 Å². The van der Waals surface area contributed by atoms with Crippen molar-refractivity contribution in [2.75, 3.05) is 0 Å². The molecular formula is C41H30O. The van der Waals surface area contributed by atoms with E-state index in [1.165, 1.54) is 60.5 Å². The van der Waals surface area contributed by atoms with Crippen molar-refractivity contribution in [1.82, 2.24) is 0 Å². The summed E-state index contributed by atoms with van der Waals surface area (Å²) in [5.74, 6) is 0. The van der Waals surface area contributed by atoms with Gasteiger partial charge < -0.3 is 4.42 Å². The summed E-state index contributed by atoms with van der Waals surface area (Å²) < 4.78 is 6.35. The first-order valence-electron chi connectivity index (χ1n) is 14.6. The van der Waals surface area contributed by atoms with Gasteiger partial charge in [0.1, 0.15) is 11.2 Å². The Morgan fingerprint density at radius 1 is 0.405 bits per heavy atom. The van der Waals surface area contributed by atoms with Crippen LogP contribution in [0.5, 0.6) is 0 Å². The highest BCUT2D eigenvalue weighted by Crippen LogP contribution is 2.46. The Morgan fingerprint density at radius 3 is 1.52 bits per heavy atom. The zero-order valence-electron chi connectivity index (χ0n) is 24.0. The molecule has 42 heavy (non-hydrogen) atoms. The summed E-state index contributed by atoms with van der Waals surface area (Å²) in [6, 6.07) is 46.1. The average Bonchev–Trinajstić information content (AvgIpc) is 3.39. The van der Waals surface area contributed by atoms with Gasteiger partial charge in [-0.15, -0.1) is 0 Å². The average molecular weight is 539 g/mol. The molecule has 8 aromatic rings. The van der Waals surface area contributed by atoms with Crippen molar-refractivity contribution in [2.24, 2.45) is 0 Å². The predicted octanol–water partition coefficient (Wildman–Crippen LogP) is 11.8. The first-order valence-corrected chi connectivity index (χ1v) is 14.6. The van der Waals surface area contributed by atoms with Crippen LogP contribution in [0.3, 0.4) is 0 Å². The van der Waals surface area contributed by atoms with Crippen LogP contribution in [0.4, 0.5) is 0 Å². The number of hydrogen-bond donors (Lipinski definition) is 0. The maximum absolute atomic E-state index is 6.35. The fraction of sp³-hybridized carbons (Fsp3) is 0.0732. The molecule has 0 N–H and O–H groups in total. The number of benzene rings is 7. The second-order valence-electron chi connectivity index (χ2n) is 11.5. The topological polar surface area (TPSA) is 13.1 Å². The minimum atomic E-state index is 0.925. The molecule has 0 bridgehead atoms. The summed E-state index contributed by atoms with van der Waals surface area (Å²) in [5.41, 5.74) is 13.2. The summed E-state index contributed by atoms with van der Waals surface area (Å²) in [5, 5.41) is 7.44. The molecule has 0 unspecified atom stereocenters. The lowest BCUT2D eigenvalue weighted by molar-refractivity contribution is 0.670. The molecule has 8 rings (SSSR count). The van der Waals surface area contributed by atoms with E-state index in [-0.39, 0.29) is 0 Å². The zero-order valence-corrected chi connectivity index (χ0v) is 24.0. The monoisotopic (exact) mass is 538 g/mol. The van der Waals surface area contributed by atoms with E-state index < -0.39 is 0 Å². The second kappa shape index (κ2) is 9.46. The van der Waals surface area contributed by atoms with Crippen LogP contribution in [0.1, 0.15) is 16.7 Å². The maximum atomic E-state index is 6.35. The first-order chi connectivity index (χ1) is 20.6. The number of rotatable bonds is 3. The number of para-hydroxylation sites is 2. The Balaban J connectivity index is 1.36. The molecule has 0 aliphatic carbocycles. The molecule has 7 aromatic carbocycles. The highest BCUT2D eigenvalue weighted by atomic mass is 16.3. The molecule has 0 aliphatic rings. The summed E-state index contributed by atoms with van der Waals surface area (Å²) in [4.78, 5) is 0. The predicted molar refractivity (Wildman–Crippen MR) is 179 cm³/mol. The summed E-state index contributed by atoms with van der Waals surface area (Å²) >= 11 is 0. The second-order valence-corrected chi connectivity index (χ2v) is 11.5. The molecule has 0 amide bonds. The van der Waals surface area contributed by atoms with Crippen LogP contribution in [0.25, 0.3) is 76.9 Å². The van der Waals surface area contributed by atoms with Crippen LogP contribution >= 0.6 is 0 Å². The Labute approximate surface area is 245 Å². The number of hydrogen-bond acceptors (Lipinski definition) is 1. The lowest BCUT2D eigenvalue weighted by atomic mass is 9.83. The van der Waals surface area contributed by atoms with Gasteiger partial charge >= 0.3 is 0 Å². The fourth-order valence-corrected chi connectivity index (χ4v) is 7.07. The van der Waals surface area contributed by atoms with E-state index in [1.54, 1.807) is 0 Å². The van der Waals surface area contributed by atoms with Crippen molar-refractivity contribution in [1.29, 1.82) is 0 Å².